The molecule has 5 heterocycles. The van der Waals surface area contributed by atoms with E-state index in [0.717, 1.165) is 151 Å². The first-order chi connectivity index (χ1) is 66.0. The van der Waals surface area contributed by atoms with E-state index < -0.39 is 65.9 Å². The Morgan fingerprint density at radius 1 is 0.238 bits per heavy atom. The summed E-state index contributed by atoms with van der Waals surface area (Å²) in [6.45, 7) is 33.4. The zero-order chi connectivity index (χ0) is 95.7. The summed E-state index contributed by atoms with van der Waals surface area (Å²) in [4.78, 5) is 10.2. The molecule has 628 valence electrons. The molecule has 5 nitrogen and oxygen atoms in total. The number of hydrogen-bond acceptors (Lipinski definition) is 4. The highest BCUT2D eigenvalue weighted by molar-refractivity contribution is 7.03. The molecule has 0 amide bonds. The summed E-state index contributed by atoms with van der Waals surface area (Å²) < 4.78 is 80.3. The van der Waals surface area contributed by atoms with Crippen molar-refractivity contribution in [1.29, 1.82) is 0 Å². The van der Waals surface area contributed by atoms with Crippen molar-refractivity contribution in [2.45, 2.75) is 136 Å². The molecule has 0 saturated heterocycles. The van der Waals surface area contributed by atoms with Crippen LogP contribution in [0.15, 0.2) is 364 Å². The van der Waals surface area contributed by atoms with Crippen LogP contribution in [-0.2, 0) is 32.5 Å². The van der Waals surface area contributed by atoms with Crippen molar-refractivity contribution in [3.05, 3.63) is 414 Å². The van der Waals surface area contributed by atoms with Gasteiger partial charge in [0.25, 0.3) is 13.4 Å². The molecular formula is C123H105B2N5. The third kappa shape index (κ3) is 11.8. The van der Waals surface area contributed by atoms with Gasteiger partial charge in [-0.3, -0.25) is 0 Å². The molecule has 2 aliphatic carbocycles. The van der Waals surface area contributed by atoms with Crippen molar-refractivity contribution in [3.63, 3.8) is 0 Å². The predicted molar refractivity (Wildman–Crippen MR) is 555 cm³/mol. The normalized spacial score (nSPS) is 15.1. The quantitative estimate of drug-likeness (QED) is 0.141. The van der Waals surface area contributed by atoms with E-state index in [2.05, 4.69) is 439 Å². The van der Waals surface area contributed by atoms with E-state index in [4.69, 9.17) is 0 Å². The Labute approximate surface area is 778 Å². The minimum atomic E-state index is -0.727. The van der Waals surface area contributed by atoms with Gasteiger partial charge in [-0.2, -0.15) is 0 Å². The molecule has 24 rings (SSSR count). The van der Waals surface area contributed by atoms with E-state index in [0.29, 0.717) is 5.69 Å². The monoisotopic (exact) mass is 1680 g/mol. The van der Waals surface area contributed by atoms with E-state index in [1.807, 2.05) is 0 Å². The highest BCUT2D eigenvalue weighted by atomic mass is 15.2. The minimum Gasteiger partial charge on any atom is -0.311 e. The molecule has 130 heavy (non-hydrogen) atoms. The van der Waals surface area contributed by atoms with Crippen LogP contribution >= 0.6 is 0 Å². The maximum absolute atomic E-state index is 10.3. The summed E-state index contributed by atoms with van der Waals surface area (Å²) in [6.07, 6.45) is 0. The molecule has 0 radical (unpaired) electrons. The Morgan fingerprint density at radius 2 is 0.623 bits per heavy atom. The molecule has 17 aromatic carbocycles. The van der Waals surface area contributed by atoms with Crippen LogP contribution < -0.4 is 52.4 Å². The van der Waals surface area contributed by atoms with Crippen LogP contribution in [0.25, 0.3) is 83.1 Å². The van der Waals surface area contributed by atoms with E-state index in [-0.39, 0.29) is 50.1 Å². The zero-order valence-electron chi connectivity index (χ0n) is 84.4. The van der Waals surface area contributed by atoms with Gasteiger partial charge in [0.2, 0.25) is 0 Å². The molecule has 0 atom stereocenters. The van der Waals surface area contributed by atoms with Gasteiger partial charge in [0.1, 0.15) is 0 Å². The van der Waals surface area contributed by atoms with Crippen molar-refractivity contribution in [1.82, 2.24) is 4.57 Å². The van der Waals surface area contributed by atoms with Crippen molar-refractivity contribution in [3.8, 4) is 61.3 Å². The third-order valence-corrected chi connectivity index (χ3v) is 28.9. The molecule has 1 aromatic heterocycles. The van der Waals surface area contributed by atoms with Crippen LogP contribution in [0, 0.1) is 0 Å². The highest BCUT2D eigenvalue weighted by Crippen LogP contribution is 2.66. The van der Waals surface area contributed by atoms with Crippen molar-refractivity contribution in [2.24, 2.45) is 0 Å². The van der Waals surface area contributed by atoms with Crippen LogP contribution in [0.1, 0.15) is 165 Å². The maximum atomic E-state index is 10.3. The predicted octanol–water partition coefficient (Wildman–Crippen LogP) is 28.8. The van der Waals surface area contributed by atoms with Gasteiger partial charge in [-0.05, 0) is 258 Å². The molecule has 0 bridgehead atoms. The molecule has 0 saturated carbocycles. The first-order valence-corrected chi connectivity index (χ1v) is 46.0. The van der Waals surface area contributed by atoms with Crippen LogP contribution in [0.3, 0.4) is 0 Å². The molecule has 4 aliphatic heterocycles. The maximum Gasteiger partial charge on any atom is 0.252 e. The number of rotatable bonds is 8. The summed E-state index contributed by atoms with van der Waals surface area (Å²) in [7, 11) is 0. The van der Waals surface area contributed by atoms with E-state index >= 15 is 0 Å². The molecule has 6 aliphatic rings. The Morgan fingerprint density at radius 3 is 1.12 bits per heavy atom. The highest BCUT2D eigenvalue weighted by Gasteiger charge is 2.55. The van der Waals surface area contributed by atoms with Crippen LogP contribution in [-0.4, -0.2) is 18.0 Å². The zero-order valence-corrected chi connectivity index (χ0v) is 76.4. The van der Waals surface area contributed by atoms with E-state index in [1.165, 1.54) is 55.6 Å². The fourth-order valence-electron chi connectivity index (χ4n) is 22.6. The fourth-order valence-corrected chi connectivity index (χ4v) is 22.6. The van der Waals surface area contributed by atoms with Gasteiger partial charge >= 0.3 is 0 Å². The van der Waals surface area contributed by atoms with Crippen LogP contribution in [0.2, 0.25) is 0 Å². The third-order valence-electron chi connectivity index (χ3n) is 28.9. The average Bonchev–Trinajstić information content (AvgIpc) is 1.13. The molecular weight excluding hydrogens is 1570 g/mol. The number of para-hydroxylation sites is 4. The molecule has 18 aromatic rings. The Balaban J connectivity index is 0.879. The number of fused-ring (bicyclic) bond motifs is 21. The lowest BCUT2D eigenvalue weighted by Crippen LogP contribution is -2.65. The summed E-state index contributed by atoms with van der Waals surface area (Å²) >= 11 is 0. The van der Waals surface area contributed by atoms with Crippen LogP contribution in [0.4, 0.5) is 68.2 Å². The van der Waals surface area contributed by atoms with Gasteiger partial charge in [0.15, 0.2) is 0 Å². The first-order valence-electron chi connectivity index (χ1n) is 50.0. The molecule has 7 heteroatoms. The number of nitrogens with zero attached hydrogens (tertiary/aromatic N) is 5. The van der Waals surface area contributed by atoms with Crippen molar-refractivity contribution in [2.75, 3.05) is 19.6 Å². The first kappa shape index (κ1) is 70.9. The SMILES string of the molecule is [2H]c1c([2H])c([2H])c2c(c1[2H])c1c([2H])c([2H])c([2H])c([2H])c1n2-c1cc2c3c(c1)N(c1ccc(C(C)(C)C)cc1-c1ccccc1)c1ccccc1B3c1cc3c(cc1N2c1cc(C(C)(C)C)cc(C(C)(C)C)c1)N(c1cccc(C(C)(C)C)c1)c1cc(-c2cccc4c2C2(c5ccccc5-c5ccccc52)c2ccccc2-4)cc2c1B3c1ccccc1N2c1ccc(C(C)(C)C)cc1-c1ccccc1. The van der Waals surface area contributed by atoms with Gasteiger partial charge in [-0.25, -0.2) is 0 Å². The Bertz CT molecular complexity index is 8160. The number of benzene rings is 17. The molecule has 1 spiro atoms. The second-order valence-corrected chi connectivity index (χ2v) is 41.8. The number of anilines is 12. The standard InChI is InChI=1S/C123H105B2N5/c1-118(2,3)79-42-36-43-84(67-79)126-109-75-110-102(125-100-55-31-35-59-108(100)130(106-63-61-81(120(7,8)9)71-95(106)77-40-20-17-21-41-77)114-73-86(127-103-56-32-25-47-91(103)92-48-26-33-57-104(92)127)72-113(117(114)125)128(110)85-68-82(121(10,11)12)66-83(69-85)122(13,14)15)74-101(109)124-99-54-30-34-58-107(99)129(105-62-60-80(119(4,5)6)70-94(105)76-38-18-16-19-39-76)112-65-78(64-111(126)116(112)124)87-49-37-50-93-90-46-24-29-53-98(90)123(115(87)93)96-51-27-22-44-88(96)89-45-23-28-52-97(89)123/h16-75H,1-15H3/i25D,26D,32D,33D,47D,48D,56D,57D. The number of hydrogen-bond donors (Lipinski definition) is 0. The average molecular weight is 1680 g/mol. The second-order valence-electron chi connectivity index (χ2n) is 41.8. The lowest BCUT2D eigenvalue weighted by atomic mass is 9.30. The molecule has 0 fully saturated rings. The smallest absolute Gasteiger partial charge is 0.252 e. The number of aromatic nitrogens is 1. The van der Waals surface area contributed by atoms with Gasteiger partial charge < -0.3 is 24.2 Å². The Kier molecular flexibility index (Phi) is 15.5. The lowest BCUT2D eigenvalue weighted by Gasteiger charge is -2.48. The minimum absolute atomic E-state index is 0.000237. The molecule has 0 unspecified atom stereocenters. The van der Waals surface area contributed by atoms with E-state index in [1.54, 1.807) is 4.57 Å². The largest absolute Gasteiger partial charge is 0.311 e. The molecule has 0 N–H and O–H groups in total. The second kappa shape index (κ2) is 28.4. The topological polar surface area (TPSA) is 17.9 Å². The van der Waals surface area contributed by atoms with Crippen LogP contribution in [0.5, 0.6) is 0 Å². The van der Waals surface area contributed by atoms with Gasteiger partial charge in [0.05, 0.1) is 44.5 Å². The van der Waals surface area contributed by atoms with Crippen molar-refractivity contribution >= 4 is 136 Å². The Hall–Kier alpha value is -14.1. The summed E-state index contributed by atoms with van der Waals surface area (Å²) in [5.74, 6) is 0. The fraction of sp³-hybridized carbons (Fsp3) is 0.171. The van der Waals surface area contributed by atoms with Gasteiger partial charge in [-0.1, -0.05) is 365 Å². The van der Waals surface area contributed by atoms with Gasteiger partial charge in [0, 0.05) is 78.8 Å². The van der Waals surface area contributed by atoms with Crippen molar-refractivity contribution < 1.29 is 11.0 Å². The summed E-state index contributed by atoms with van der Waals surface area (Å²) in [6, 6.07) is 116. The van der Waals surface area contributed by atoms with Gasteiger partial charge in [-0.15, -0.1) is 0 Å². The summed E-state index contributed by atoms with van der Waals surface area (Å²) in [5.41, 5.74) is 38.0. The summed E-state index contributed by atoms with van der Waals surface area (Å²) in [5, 5.41) is 0.000474. The lowest BCUT2D eigenvalue weighted by molar-refractivity contribution is 0.568. The van der Waals surface area contributed by atoms with E-state index in [9.17, 15) is 11.0 Å².